The van der Waals surface area contributed by atoms with E-state index in [4.69, 9.17) is 14.2 Å². The highest BCUT2D eigenvalue weighted by molar-refractivity contribution is 5.63. The van der Waals surface area contributed by atoms with Gasteiger partial charge in [-0.2, -0.15) is 0 Å². The summed E-state index contributed by atoms with van der Waals surface area (Å²) in [5.74, 6) is 7.20. The molecule has 0 N–H and O–H groups in total. The van der Waals surface area contributed by atoms with Crippen LogP contribution in [0.3, 0.4) is 0 Å². The van der Waals surface area contributed by atoms with Crippen LogP contribution in [0.1, 0.15) is 45.1 Å². The fourth-order valence-corrected chi connectivity index (χ4v) is 3.55. The van der Waals surface area contributed by atoms with Gasteiger partial charge < -0.3 is 14.2 Å². The predicted molar refractivity (Wildman–Crippen MR) is 119 cm³/mol. The van der Waals surface area contributed by atoms with E-state index in [-0.39, 0.29) is 17.8 Å². The molecule has 1 aliphatic heterocycles. The third-order valence-corrected chi connectivity index (χ3v) is 5.84. The first-order chi connectivity index (χ1) is 15.4. The summed E-state index contributed by atoms with van der Waals surface area (Å²) in [4.78, 5) is 6.94. The molecule has 0 spiro atoms. The molecule has 3 heterocycles. The van der Waals surface area contributed by atoms with Crippen molar-refractivity contribution in [1.82, 2.24) is 24.9 Å². The number of nitrogens with zero attached hydrogens (tertiary/aromatic N) is 5. The van der Waals surface area contributed by atoms with Crippen molar-refractivity contribution in [3.05, 3.63) is 24.0 Å². The van der Waals surface area contributed by atoms with E-state index in [2.05, 4.69) is 52.9 Å². The van der Waals surface area contributed by atoms with Crippen molar-refractivity contribution in [2.45, 2.75) is 64.5 Å². The van der Waals surface area contributed by atoms with Gasteiger partial charge in [0, 0.05) is 23.2 Å². The maximum absolute atomic E-state index is 6.14. The third kappa shape index (κ3) is 5.47. The van der Waals surface area contributed by atoms with Crippen molar-refractivity contribution in [1.29, 1.82) is 0 Å². The van der Waals surface area contributed by atoms with Gasteiger partial charge in [-0.25, -0.2) is 9.67 Å². The van der Waals surface area contributed by atoms with Crippen molar-refractivity contribution < 1.29 is 14.2 Å². The lowest BCUT2D eigenvalue weighted by Gasteiger charge is -2.34. The second-order valence-corrected chi connectivity index (χ2v) is 9.88. The predicted octanol–water partition coefficient (Wildman–Crippen LogP) is 2.73. The zero-order valence-electron chi connectivity index (χ0n) is 19.1. The Balaban J connectivity index is 1.28. The van der Waals surface area contributed by atoms with Crippen LogP contribution in [0.5, 0.6) is 5.75 Å². The number of rotatable bonds is 7. The molecule has 2 aromatic rings. The van der Waals surface area contributed by atoms with Crippen LogP contribution in [-0.2, 0) is 16.0 Å². The zero-order chi connectivity index (χ0) is 22.1. The molecular weight excluding hydrogens is 406 g/mol. The summed E-state index contributed by atoms with van der Waals surface area (Å²) in [5.41, 5.74) is 2.26. The van der Waals surface area contributed by atoms with Gasteiger partial charge in [0.2, 0.25) is 0 Å². The van der Waals surface area contributed by atoms with E-state index in [1.165, 1.54) is 12.8 Å². The highest BCUT2D eigenvalue weighted by Gasteiger charge is 2.29. The maximum atomic E-state index is 6.14. The molecule has 2 aromatic heterocycles. The van der Waals surface area contributed by atoms with Crippen LogP contribution >= 0.6 is 0 Å². The van der Waals surface area contributed by atoms with Gasteiger partial charge >= 0.3 is 0 Å². The Labute approximate surface area is 189 Å². The molecule has 8 heteroatoms. The third-order valence-electron chi connectivity index (χ3n) is 5.84. The Hall–Kier alpha value is -2.47. The van der Waals surface area contributed by atoms with Gasteiger partial charge in [0.15, 0.2) is 6.29 Å². The first-order valence-corrected chi connectivity index (χ1v) is 11.4. The lowest BCUT2D eigenvalue weighted by Crippen LogP contribution is -2.39. The maximum Gasteiger partial charge on any atom is 0.177 e. The second kappa shape index (κ2) is 8.81. The summed E-state index contributed by atoms with van der Waals surface area (Å²) in [6, 6.07) is 2.68. The van der Waals surface area contributed by atoms with Gasteiger partial charge in [0.25, 0.3) is 0 Å². The number of pyridine rings is 1. The fourth-order valence-electron chi connectivity index (χ4n) is 3.55. The van der Waals surface area contributed by atoms with Crippen LogP contribution in [0, 0.1) is 17.3 Å². The number of hydrogen-bond donors (Lipinski definition) is 0. The van der Waals surface area contributed by atoms with Crippen LogP contribution in [0.4, 0.5) is 0 Å². The fraction of sp³-hybridized carbons (Fsp3) is 0.625. The van der Waals surface area contributed by atoms with Gasteiger partial charge in [-0.05, 0) is 38.8 Å². The monoisotopic (exact) mass is 437 g/mol. The summed E-state index contributed by atoms with van der Waals surface area (Å²) in [6.45, 7) is 6.84. The molecule has 32 heavy (non-hydrogen) atoms. The molecule has 170 valence electrons. The molecule has 0 aromatic carbocycles. The minimum atomic E-state index is -0.320. The SMILES string of the molecule is CN(CC#Cc1cnc(-c2cn(CC3OCC(C)(C)CO3)nn2)c(OC2CC2)c1)C1CC1. The summed E-state index contributed by atoms with van der Waals surface area (Å²) < 4.78 is 19.5. The molecule has 0 amide bonds. The van der Waals surface area contributed by atoms with Crippen molar-refractivity contribution in [3.8, 4) is 29.0 Å². The quantitative estimate of drug-likeness (QED) is 0.617. The molecule has 0 atom stereocenters. The number of ether oxygens (including phenoxy) is 3. The van der Waals surface area contributed by atoms with Crippen molar-refractivity contribution in [3.63, 3.8) is 0 Å². The summed E-state index contributed by atoms with van der Waals surface area (Å²) in [6.07, 6.45) is 8.29. The summed E-state index contributed by atoms with van der Waals surface area (Å²) in [7, 11) is 2.13. The topological polar surface area (TPSA) is 74.5 Å². The number of aromatic nitrogens is 4. The first-order valence-electron chi connectivity index (χ1n) is 11.4. The van der Waals surface area contributed by atoms with E-state index in [1.807, 2.05) is 12.3 Å². The highest BCUT2D eigenvalue weighted by Crippen LogP contribution is 2.33. The Morgan fingerprint density at radius 2 is 2.00 bits per heavy atom. The number of hydrogen-bond acceptors (Lipinski definition) is 7. The lowest BCUT2D eigenvalue weighted by atomic mass is 9.96. The van der Waals surface area contributed by atoms with Gasteiger partial charge in [0.05, 0.1) is 38.6 Å². The smallest absolute Gasteiger partial charge is 0.177 e. The van der Waals surface area contributed by atoms with E-state index < -0.39 is 0 Å². The molecule has 2 saturated carbocycles. The van der Waals surface area contributed by atoms with Crippen molar-refractivity contribution in [2.24, 2.45) is 5.41 Å². The van der Waals surface area contributed by atoms with E-state index >= 15 is 0 Å². The van der Waals surface area contributed by atoms with Crippen LogP contribution in [0.2, 0.25) is 0 Å². The van der Waals surface area contributed by atoms with Crippen LogP contribution in [-0.4, -0.2) is 70.1 Å². The van der Waals surface area contributed by atoms with Gasteiger partial charge in [0.1, 0.15) is 17.1 Å². The summed E-state index contributed by atoms with van der Waals surface area (Å²) >= 11 is 0. The van der Waals surface area contributed by atoms with Gasteiger partial charge in [-0.1, -0.05) is 30.9 Å². The van der Waals surface area contributed by atoms with Crippen molar-refractivity contribution in [2.75, 3.05) is 26.8 Å². The molecule has 0 bridgehead atoms. The highest BCUT2D eigenvalue weighted by atomic mass is 16.7. The molecule has 1 saturated heterocycles. The normalized spacial score (nSPS) is 20.8. The van der Waals surface area contributed by atoms with Gasteiger partial charge in [-0.3, -0.25) is 4.90 Å². The minimum absolute atomic E-state index is 0.0426. The van der Waals surface area contributed by atoms with E-state index in [0.717, 1.165) is 24.9 Å². The molecule has 0 radical (unpaired) electrons. The minimum Gasteiger partial charge on any atom is -0.488 e. The molecule has 3 aliphatic rings. The Morgan fingerprint density at radius 3 is 2.72 bits per heavy atom. The van der Waals surface area contributed by atoms with Crippen LogP contribution in [0.25, 0.3) is 11.4 Å². The zero-order valence-corrected chi connectivity index (χ0v) is 19.1. The largest absolute Gasteiger partial charge is 0.488 e. The first kappa shape index (κ1) is 21.4. The van der Waals surface area contributed by atoms with E-state index in [1.54, 1.807) is 10.9 Å². The Bertz CT molecular complexity index is 1010. The molecule has 2 aliphatic carbocycles. The Kier molecular flexibility index (Phi) is 5.89. The molecule has 8 nitrogen and oxygen atoms in total. The summed E-state index contributed by atoms with van der Waals surface area (Å²) in [5, 5.41) is 8.58. The van der Waals surface area contributed by atoms with E-state index in [9.17, 15) is 0 Å². The van der Waals surface area contributed by atoms with E-state index in [0.29, 0.717) is 42.9 Å². The molecule has 3 fully saturated rings. The van der Waals surface area contributed by atoms with Crippen molar-refractivity contribution >= 4 is 0 Å². The standard InChI is InChI=1S/C24H31N5O3/c1-24(2)15-30-22(31-16-24)14-29-13-20(26-27-29)23-21(32-19-8-9-19)11-17(12-25-23)5-4-10-28(3)18-6-7-18/h11-13,18-19,22H,6-10,14-16H2,1-3H3. The average molecular weight is 438 g/mol. The van der Waals surface area contributed by atoms with Gasteiger partial charge in [-0.15, -0.1) is 5.10 Å². The molecule has 0 unspecified atom stereocenters. The molecule has 5 rings (SSSR count). The van der Waals surface area contributed by atoms with Crippen LogP contribution in [0.15, 0.2) is 18.5 Å². The van der Waals surface area contributed by atoms with Crippen LogP contribution < -0.4 is 4.74 Å². The Morgan fingerprint density at radius 1 is 1.22 bits per heavy atom. The second-order valence-electron chi connectivity index (χ2n) is 9.88. The lowest BCUT2D eigenvalue weighted by molar-refractivity contribution is -0.227. The molecular formula is C24H31N5O3. The average Bonchev–Trinajstić information content (AvgIpc) is 3.69.